The molecule has 1 aromatic rings. The topological polar surface area (TPSA) is 75.4 Å². The first kappa shape index (κ1) is 13.1. The minimum absolute atomic E-state index is 0.0275. The summed E-state index contributed by atoms with van der Waals surface area (Å²) in [5.74, 6) is -0.0275. The Balaban J connectivity index is 2.61. The van der Waals surface area contributed by atoms with Gasteiger partial charge in [-0.2, -0.15) is 5.10 Å². The zero-order valence-corrected chi connectivity index (χ0v) is 10.3. The molecule has 1 N–H and O–H groups in total. The molecule has 0 atom stereocenters. The molecule has 0 radical (unpaired) electrons. The second-order valence-corrected chi connectivity index (χ2v) is 5.87. The quantitative estimate of drug-likeness (QED) is 0.739. The van der Waals surface area contributed by atoms with Gasteiger partial charge < -0.3 is 5.11 Å². The number of hydrogen-bond donors (Lipinski definition) is 1. The number of sulfonamides is 1. The summed E-state index contributed by atoms with van der Waals surface area (Å²) in [7, 11) is 0.0339. The van der Waals surface area contributed by atoms with Crippen LogP contribution in [-0.4, -0.2) is 47.0 Å². The van der Waals surface area contributed by atoms with Crippen molar-refractivity contribution in [2.75, 3.05) is 19.4 Å². The summed E-state index contributed by atoms with van der Waals surface area (Å²) in [6, 6.07) is 0. The Morgan fingerprint density at radius 2 is 2.25 bits per heavy atom. The third-order valence-electron chi connectivity index (χ3n) is 2.20. The summed E-state index contributed by atoms with van der Waals surface area (Å²) in [4.78, 5) is 0. The van der Waals surface area contributed by atoms with Crippen molar-refractivity contribution >= 4 is 10.0 Å². The Kier molecular flexibility index (Phi) is 4.45. The van der Waals surface area contributed by atoms with Crippen LogP contribution in [0.1, 0.15) is 12.0 Å². The molecule has 0 bridgehead atoms. The average molecular weight is 247 g/mol. The molecule has 1 rings (SSSR count). The highest BCUT2D eigenvalue weighted by Gasteiger charge is 2.17. The third-order valence-corrected chi connectivity index (χ3v) is 4.08. The van der Waals surface area contributed by atoms with Crippen LogP contribution in [0, 0.1) is 0 Å². The van der Waals surface area contributed by atoms with Crippen LogP contribution in [0.4, 0.5) is 0 Å². The number of aryl methyl sites for hydroxylation is 1. The molecule has 0 unspecified atom stereocenters. The maximum absolute atomic E-state index is 11.7. The summed E-state index contributed by atoms with van der Waals surface area (Å²) in [5, 5.41) is 12.6. The monoisotopic (exact) mass is 247 g/mol. The van der Waals surface area contributed by atoms with Crippen LogP contribution in [0.5, 0.6) is 0 Å². The number of hydrogen-bond acceptors (Lipinski definition) is 4. The minimum Gasteiger partial charge on any atom is -0.396 e. The summed E-state index contributed by atoms with van der Waals surface area (Å²) >= 11 is 0. The first-order valence-corrected chi connectivity index (χ1v) is 6.59. The van der Waals surface area contributed by atoms with Crippen molar-refractivity contribution < 1.29 is 13.5 Å². The smallest absolute Gasteiger partial charge is 0.214 e. The zero-order valence-electron chi connectivity index (χ0n) is 9.50. The van der Waals surface area contributed by atoms with Crippen LogP contribution in [0.25, 0.3) is 0 Å². The van der Waals surface area contributed by atoms with Gasteiger partial charge in [-0.3, -0.25) is 4.68 Å². The van der Waals surface area contributed by atoms with Crippen molar-refractivity contribution in [2.45, 2.75) is 13.0 Å². The van der Waals surface area contributed by atoms with Gasteiger partial charge in [0.2, 0.25) is 10.0 Å². The van der Waals surface area contributed by atoms with E-state index in [9.17, 15) is 8.42 Å². The molecule has 6 nitrogen and oxygen atoms in total. The van der Waals surface area contributed by atoms with Gasteiger partial charge in [0, 0.05) is 39.0 Å². The van der Waals surface area contributed by atoms with E-state index < -0.39 is 10.0 Å². The molecule has 0 saturated heterocycles. The van der Waals surface area contributed by atoms with E-state index in [-0.39, 0.29) is 18.8 Å². The van der Waals surface area contributed by atoms with E-state index in [1.807, 2.05) is 0 Å². The maximum atomic E-state index is 11.7. The molecule has 1 heterocycles. The van der Waals surface area contributed by atoms with Crippen molar-refractivity contribution in [3.8, 4) is 0 Å². The second kappa shape index (κ2) is 5.42. The second-order valence-electron chi connectivity index (χ2n) is 3.67. The van der Waals surface area contributed by atoms with E-state index in [1.54, 1.807) is 24.1 Å². The lowest BCUT2D eigenvalue weighted by atomic mass is 10.4. The lowest BCUT2D eigenvalue weighted by molar-refractivity contribution is 0.294. The first-order valence-electron chi connectivity index (χ1n) is 4.98. The van der Waals surface area contributed by atoms with E-state index >= 15 is 0 Å². The van der Waals surface area contributed by atoms with Crippen molar-refractivity contribution in [1.82, 2.24) is 14.1 Å². The molecule has 16 heavy (non-hydrogen) atoms. The van der Waals surface area contributed by atoms with Crippen molar-refractivity contribution in [3.05, 3.63) is 18.0 Å². The van der Waals surface area contributed by atoms with Crippen LogP contribution in [-0.2, 0) is 23.6 Å². The van der Waals surface area contributed by atoms with Crippen LogP contribution >= 0.6 is 0 Å². The molecule has 0 fully saturated rings. The Morgan fingerprint density at radius 1 is 1.56 bits per heavy atom. The standard InChI is InChI=1S/C9H17N3O3S/c1-11-7-9(6-10-11)8-12(2)16(14,15)5-3-4-13/h6-7,13H,3-5,8H2,1-2H3. The lowest BCUT2D eigenvalue weighted by Gasteiger charge is -2.15. The van der Waals surface area contributed by atoms with E-state index in [4.69, 9.17) is 5.11 Å². The number of aliphatic hydroxyl groups excluding tert-OH is 1. The van der Waals surface area contributed by atoms with E-state index in [0.29, 0.717) is 6.54 Å². The summed E-state index contributed by atoms with van der Waals surface area (Å²) in [5.41, 5.74) is 0.845. The molecular formula is C9H17N3O3S. The van der Waals surface area contributed by atoms with Crippen molar-refractivity contribution in [2.24, 2.45) is 7.05 Å². The predicted molar refractivity (Wildman–Crippen MR) is 60.2 cm³/mol. The van der Waals surface area contributed by atoms with E-state index in [0.717, 1.165) is 5.56 Å². The highest BCUT2D eigenvalue weighted by Crippen LogP contribution is 2.07. The molecule has 92 valence electrons. The molecule has 7 heteroatoms. The number of rotatable bonds is 6. The Hall–Kier alpha value is -0.920. The van der Waals surface area contributed by atoms with Gasteiger partial charge in [-0.25, -0.2) is 12.7 Å². The summed E-state index contributed by atoms with van der Waals surface area (Å²) in [6.07, 6.45) is 3.68. The highest BCUT2D eigenvalue weighted by molar-refractivity contribution is 7.89. The van der Waals surface area contributed by atoms with Gasteiger partial charge in [-0.05, 0) is 6.42 Å². The summed E-state index contributed by atoms with van der Waals surface area (Å²) in [6.45, 7) is 0.196. The van der Waals surface area contributed by atoms with E-state index in [1.165, 1.54) is 11.4 Å². The Bertz CT molecular complexity index is 427. The fraction of sp³-hybridized carbons (Fsp3) is 0.667. The minimum atomic E-state index is -3.28. The van der Waals surface area contributed by atoms with Gasteiger partial charge in [-0.1, -0.05) is 0 Å². The van der Waals surface area contributed by atoms with Gasteiger partial charge in [0.05, 0.1) is 11.9 Å². The number of aromatic nitrogens is 2. The van der Waals surface area contributed by atoms with Gasteiger partial charge in [-0.15, -0.1) is 0 Å². The Morgan fingerprint density at radius 3 is 2.75 bits per heavy atom. The van der Waals surface area contributed by atoms with Crippen LogP contribution in [0.2, 0.25) is 0 Å². The van der Waals surface area contributed by atoms with Crippen molar-refractivity contribution in [1.29, 1.82) is 0 Å². The third kappa shape index (κ3) is 3.58. The van der Waals surface area contributed by atoms with Gasteiger partial charge in [0.15, 0.2) is 0 Å². The van der Waals surface area contributed by atoms with Crippen LogP contribution in [0.3, 0.4) is 0 Å². The van der Waals surface area contributed by atoms with Gasteiger partial charge in [0.25, 0.3) is 0 Å². The largest absolute Gasteiger partial charge is 0.396 e. The highest BCUT2D eigenvalue weighted by atomic mass is 32.2. The SMILES string of the molecule is CN(Cc1cnn(C)c1)S(=O)(=O)CCCO. The number of aliphatic hydroxyl groups is 1. The predicted octanol–water partition coefficient (Wildman–Crippen LogP) is -0.436. The summed E-state index contributed by atoms with van der Waals surface area (Å²) < 4.78 is 26.3. The molecule has 0 aliphatic heterocycles. The maximum Gasteiger partial charge on any atom is 0.214 e. The van der Waals surface area contributed by atoms with E-state index in [2.05, 4.69) is 5.10 Å². The molecule has 0 spiro atoms. The molecule has 0 aliphatic rings. The van der Waals surface area contributed by atoms with Crippen LogP contribution in [0.15, 0.2) is 12.4 Å². The fourth-order valence-electron chi connectivity index (χ4n) is 1.31. The zero-order chi connectivity index (χ0) is 12.2. The lowest BCUT2D eigenvalue weighted by Crippen LogP contribution is -2.29. The van der Waals surface area contributed by atoms with Crippen LogP contribution < -0.4 is 0 Å². The fourth-order valence-corrected chi connectivity index (χ4v) is 2.46. The first-order chi connectivity index (χ1) is 7.45. The molecule has 0 aliphatic carbocycles. The molecule has 0 amide bonds. The van der Waals surface area contributed by atoms with Gasteiger partial charge >= 0.3 is 0 Å². The Labute approximate surface area is 95.5 Å². The normalized spacial score (nSPS) is 12.2. The molecule has 0 aromatic carbocycles. The molecular weight excluding hydrogens is 230 g/mol. The average Bonchev–Trinajstić information content (AvgIpc) is 2.61. The number of nitrogens with zero attached hydrogens (tertiary/aromatic N) is 3. The molecule has 1 aromatic heterocycles. The van der Waals surface area contributed by atoms with Gasteiger partial charge in [0.1, 0.15) is 0 Å². The van der Waals surface area contributed by atoms with Crippen molar-refractivity contribution in [3.63, 3.8) is 0 Å². The molecule has 0 saturated carbocycles.